The van der Waals surface area contributed by atoms with Crippen LogP contribution in [0.15, 0.2) is 30.3 Å². The first kappa shape index (κ1) is 16.7. The minimum Gasteiger partial charge on any atom is -0.485 e. The SMILES string of the molecule is O=C(NCc1cc(C2CC2)n(C2CCCC2)n1)[C@H]1COc2ccccc2O1. The van der Waals surface area contributed by atoms with Crippen LogP contribution in [0.25, 0.3) is 0 Å². The van der Waals surface area contributed by atoms with Gasteiger partial charge in [-0.25, -0.2) is 0 Å². The molecule has 0 spiro atoms. The van der Waals surface area contributed by atoms with E-state index in [2.05, 4.69) is 16.1 Å². The third-order valence-electron chi connectivity index (χ3n) is 5.73. The van der Waals surface area contributed by atoms with Gasteiger partial charge in [-0.1, -0.05) is 25.0 Å². The van der Waals surface area contributed by atoms with Crippen molar-refractivity contribution in [2.24, 2.45) is 0 Å². The molecule has 2 saturated carbocycles. The summed E-state index contributed by atoms with van der Waals surface area (Å²) in [6.07, 6.45) is 6.93. The van der Waals surface area contributed by atoms with Crippen LogP contribution in [0.5, 0.6) is 11.5 Å². The molecule has 2 fully saturated rings. The number of ether oxygens (including phenoxy) is 2. The lowest BCUT2D eigenvalue weighted by Crippen LogP contribution is -2.43. The van der Waals surface area contributed by atoms with Crippen molar-refractivity contribution in [2.45, 2.75) is 63.1 Å². The van der Waals surface area contributed by atoms with E-state index in [-0.39, 0.29) is 12.5 Å². The van der Waals surface area contributed by atoms with Gasteiger partial charge in [0, 0.05) is 11.6 Å². The van der Waals surface area contributed by atoms with Crippen molar-refractivity contribution in [1.82, 2.24) is 15.1 Å². The summed E-state index contributed by atoms with van der Waals surface area (Å²) < 4.78 is 13.7. The van der Waals surface area contributed by atoms with Crippen LogP contribution in [-0.2, 0) is 11.3 Å². The summed E-state index contributed by atoms with van der Waals surface area (Å²) in [5.74, 6) is 1.80. The second kappa shape index (κ2) is 6.91. The number of hydrogen-bond acceptors (Lipinski definition) is 4. The molecule has 1 amide bonds. The zero-order valence-corrected chi connectivity index (χ0v) is 15.4. The average Bonchev–Trinajstić information content (AvgIpc) is 3.24. The minimum atomic E-state index is -0.625. The lowest BCUT2D eigenvalue weighted by Gasteiger charge is -2.25. The molecule has 0 radical (unpaired) electrons. The van der Waals surface area contributed by atoms with Crippen LogP contribution in [0.1, 0.15) is 61.9 Å². The van der Waals surface area contributed by atoms with Crippen molar-refractivity contribution >= 4 is 5.91 Å². The van der Waals surface area contributed by atoms with Gasteiger partial charge in [0.25, 0.3) is 5.91 Å². The van der Waals surface area contributed by atoms with Gasteiger partial charge in [0.05, 0.1) is 18.3 Å². The molecule has 1 aromatic heterocycles. The summed E-state index contributed by atoms with van der Waals surface area (Å²) in [6.45, 7) is 0.659. The van der Waals surface area contributed by atoms with Crippen molar-refractivity contribution in [3.8, 4) is 11.5 Å². The maximum atomic E-state index is 12.5. The highest BCUT2D eigenvalue weighted by Gasteiger charge is 2.32. The lowest BCUT2D eigenvalue weighted by molar-refractivity contribution is -0.130. The standard InChI is InChI=1S/C21H25N3O3/c25-21(20-13-26-18-7-3-4-8-19(18)27-20)22-12-15-11-17(14-9-10-14)24(23-15)16-5-1-2-6-16/h3-4,7-8,11,14,16,20H,1-2,5-6,9-10,12-13H2,(H,22,25)/t20-/m1/s1. The smallest absolute Gasteiger partial charge is 0.265 e. The van der Waals surface area contributed by atoms with E-state index in [9.17, 15) is 4.79 Å². The number of aromatic nitrogens is 2. The Balaban J connectivity index is 1.24. The molecular weight excluding hydrogens is 342 g/mol. The van der Waals surface area contributed by atoms with Crippen LogP contribution in [0.2, 0.25) is 0 Å². The van der Waals surface area contributed by atoms with Crippen LogP contribution < -0.4 is 14.8 Å². The molecule has 142 valence electrons. The van der Waals surface area contributed by atoms with Gasteiger partial charge in [-0.05, 0) is 43.9 Å². The first-order valence-corrected chi connectivity index (χ1v) is 10.0. The Labute approximate surface area is 158 Å². The first-order valence-electron chi connectivity index (χ1n) is 10.0. The van der Waals surface area contributed by atoms with Gasteiger partial charge in [0.1, 0.15) is 6.61 Å². The summed E-state index contributed by atoms with van der Waals surface area (Å²) in [4.78, 5) is 12.5. The number of benzene rings is 1. The van der Waals surface area contributed by atoms with Gasteiger partial charge in [0.2, 0.25) is 6.10 Å². The number of para-hydroxylation sites is 2. The largest absolute Gasteiger partial charge is 0.485 e. The highest BCUT2D eigenvalue weighted by molar-refractivity contribution is 5.81. The highest BCUT2D eigenvalue weighted by Crippen LogP contribution is 2.43. The summed E-state index contributed by atoms with van der Waals surface area (Å²) in [5.41, 5.74) is 2.30. The predicted octanol–water partition coefficient (Wildman–Crippen LogP) is 3.33. The zero-order chi connectivity index (χ0) is 18.2. The topological polar surface area (TPSA) is 65.4 Å². The molecule has 2 aliphatic carbocycles. The van der Waals surface area contributed by atoms with E-state index in [1.165, 1.54) is 44.2 Å². The number of nitrogens with one attached hydrogen (secondary N) is 1. The highest BCUT2D eigenvalue weighted by atomic mass is 16.6. The number of hydrogen-bond donors (Lipinski definition) is 1. The third-order valence-corrected chi connectivity index (χ3v) is 5.73. The quantitative estimate of drug-likeness (QED) is 0.880. The Morgan fingerprint density at radius 1 is 1.15 bits per heavy atom. The fraction of sp³-hybridized carbons (Fsp3) is 0.524. The number of carbonyl (C=O) groups is 1. The Kier molecular flexibility index (Phi) is 4.26. The molecule has 1 aromatic carbocycles. The third kappa shape index (κ3) is 3.40. The normalized spacial score (nSPS) is 22.0. The second-order valence-electron chi connectivity index (χ2n) is 7.80. The van der Waals surface area contributed by atoms with Crippen molar-refractivity contribution < 1.29 is 14.3 Å². The van der Waals surface area contributed by atoms with Crippen molar-refractivity contribution in [2.75, 3.05) is 6.61 Å². The predicted molar refractivity (Wildman–Crippen MR) is 99.9 cm³/mol. The molecule has 2 heterocycles. The van der Waals surface area contributed by atoms with Crippen molar-refractivity contribution in [3.05, 3.63) is 41.7 Å². The maximum Gasteiger partial charge on any atom is 0.265 e. The minimum absolute atomic E-state index is 0.159. The van der Waals surface area contributed by atoms with E-state index in [1.54, 1.807) is 0 Å². The van der Waals surface area contributed by atoms with E-state index in [0.717, 1.165) is 5.69 Å². The molecule has 1 aliphatic heterocycles. The summed E-state index contributed by atoms with van der Waals surface area (Å²) in [6, 6.07) is 10.2. The molecule has 0 unspecified atom stereocenters. The molecule has 1 atom stereocenters. The van der Waals surface area contributed by atoms with E-state index >= 15 is 0 Å². The van der Waals surface area contributed by atoms with Crippen LogP contribution >= 0.6 is 0 Å². The number of rotatable bonds is 5. The Morgan fingerprint density at radius 3 is 2.70 bits per heavy atom. The number of nitrogens with zero attached hydrogens (tertiary/aromatic N) is 2. The fourth-order valence-corrected chi connectivity index (χ4v) is 4.11. The average molecular weight is 367 g/mol. The van der Waals surface area contributed by atoms with Gasteiger partial charge in [-0.15, -0.1) is 0 Å². The molecule has 6 heteroatoms. The van der Waals surface area contributed by atoms with Crippen LogP contribution in [0, 0.1) is 0 Å². The van der Waals surface area contributed by atoms with Crippen LogP contribution in [0.4, 0.5) is 0 Å². The fourth-order valence-electron chi connectivity index (χ4n) is 4.11. The van der Waals surface area contributed by atoms with E-state index in [0.29, 0.717) is 30.0 Å². The number of fused-ring (bicyclic) bond motifs is 1. The molecule has 3 aliphatic rings. The maximum absolute atomic E-state index is 12.5. The number of amides is 1. The Bertz CT molecular complexity index is 837. The lowest BCUT2D eigenvalue weighted by atomic mass is 10.2. The summed E-state index contributed by atoms with van der Waals surface area (Å²) >= 11 is 0. The van der Waals surface area contributed by atoms with E-state index < -0.39 is 6.10 Å². The van der Waals surface area contributed by atoms with Crippen LogP contribution in [0.3, 0.4) is 0 Å². The van der Waals surface area contributed by atoms with E-state index in [1.807, 2.05) is 24.3 Å². The molecule has 27 heavy (non-hydrogen) atoms. The molecule has 0 bridgehead atoms. The molecule has 2 aromatic rings. The second-order valence-corrected chi connectivity index (χ2v) is 7.80. The van der Waals surface area contributed by atoms with Gasteiger partial charge < -0.3 is 14.8 Å². The monoisotopic (exact) mass is 367 g/mol. The Hall–Kier alpha value is -2.50. The molecule has 0 saturated heterocycles. The Morgan fingerprint density at radius 2 is 1.93 bits per heavy atom. The first-order chi connectivity index (χ1) is 13.3. The molecular formula is C21H25N3O3. The summed E-state index contributed by atoms with van der Waals surface area (Å²) in [5, 5.41) is 7.81. The van der Waals surface area contributed by atoms with E-state index in [4.69, 9.17) is 14.6 Å². The molecule has 6 nitrogen and oxygen atoms in total. The van der Waals surface area contributed by atoms with Gasteiger partial charge >= 0.3 is 0 Å². The zero-order valence-electron chi connectivity index (χ0n) is 15.4. The van der Waals surface area contributed by atoms with Crippen molar-refractivity contribution in [3.63, 3.8) is 0 Å². The van der Waals surface area contributed by atoms with Crippen molar-refractivity contribution in [1.29, 1.82) is 0 Å². The van der Waals surface area contributed by atoms with Gasteiger partial charge in [-0.3, -0.25) is 9.48 Å². The number of carbonyl (C=O) groups excluding carboxylic acids is 1. The molecule has 5 rings (SSSR count). The van der Waals surface area contributed by atoms with Gasteiger partial charge in [0.15, 0.2) is 11.5 Å². The van der Waals surface area contributed by atoms with Crippen LogP contribution in [-0.4, -0.2) is 28.4 Å². The summed E-state index contributed by atoms with van der Waals surface area (Å²) in [7, 11) is 0. The van der Waals surface area contributed by atoms with Gasteiger partial charge in [-0.2, -0.15) is 5.10 Å². The molecule has 1 N–H and O–H groups in total.